The van der Waals surface area contributed by atoms with Crippen LogP contribution < -0.4 is 4.74 Å². The number of ether oxygens (including phenoxy) is 1. The summed E-state index contributed by atoms with van der Waals surface area (Å²) in [6.45, 7) is 0. The number of aromatic nitrogens is 1. The summed E-state index contributed by atoms with van der Waals surface area (Å²) in [6, 6.07) is 7.04. The molecule has 1 heterocycles. The maximum atomic E-state index is 13.0. The molecule has 0 aliphatic carbocycles. The molecule has 1 N–H and O–H groups in total. The minimum atomic E-state index is -4.56. The first-order valence-electron chi connectivity index (χ1n) is 5.79. The lowest BCUT2D eigenvalue weighted by atomic mass is 10.0. The van der Waals surface area contributed by atoms with E-state index in [0.717, 1.165) is 18.2 Å². The number of aromatic carboxylic acids is 1. The number of carboxylic acids is 1. The van der Waals surface area contributed by atoms with Crippen molar-refractivity contribution in [3.63, 3.8) is 0 Å². The van der Waals surface area contributed by atoms with Crippen molar-refractivity contribution in [3.8, 4) is 17.1 Å². The number of nitrogens with zero attached hydrogens (tertiary/aromatic N) is 1. The van der Waals surface area contributed by atoms with Gasteiger partial charge in [0.05, 0.1) is 23.9 Å². The highest BCUT2D eigenvalue weighted by molar-refractivity contribution is 5.89. The van der Waals surface area contributed by atoms with Gasteiger partial charge in [0.2, 0.25) is 5.88 Å². The van der Waals surface area contributed by atoms with E-state index >= 15 is 0 Å². The number of benzene rings is 1. The van der Waals surface area contributed by atoms with Crippen LogP contribution in [0, 0.1) is 0 Å². The van der Waals surface area contributed by atoms with Gasteiger partial charge in [-0.3, -0.25) is 0 Å². The molecular weight excluding hydrogens is 287 g/mol. The van der Waals surface area contributed by atoms with Crippen LogP contribution in [-0.4, -0.2) is 23.2 Å². The van der Waals surface area contributed by atoms with Crippen LogP contribution in [0.1, 0.15) is 15.9 Å². The summed E-state index contributed by atoms with van der Waals surface area (Å²) < 4.78 is 43.8. The standard InChI is InChI=1S/C14H10F3NO3/c1-21-12-7-8(13(19)20)6-11(18-12)9-4-2-3-5-10(9)14(15,16)17/h2-7H,1H3,(H,19,20). The number of alkyl halides is 3. The van der Waals surface area contributed by atoms with Crippen LogP contribution in [0.25, 0.3) is 11.3 Å². The zero-order valence-corrected chi connectivity index (χ0v) is 10.8. The summed E-state index contributed by atoms with van der Waals surface area (Å²) in [7, 11) is 1.26. The Bertz CT molecular complexity index is 683. The van der Waals surface area contributed by atoms with Crippen molar-refractivity contribution < 1.29 is 27.8 Å². The van der Waals surface area contributed by atoms with E-state index < -0.39 is 17.7 Å². The molecule has 1 aromatic heterocycles. The quantitative estimate of drug-likeness (QED) is 0.942. The van der Waals surface area contributed by atoms with Crippen LogP contribution in [0.3, 0.4) is 0 Å². The number of hydrogen-bond acceptors (Lipinski definition) is 3. The Labute approximate surface area is 117 Å². The Morgan fingerprint density at radius 1 is 1.24 bits per heavy atom. The number of hydrogen-bond donors (Lipinski definition) is 1. The molecule has 0 spiro atoms. The van der Waals surface area contributed by atoms with Crippen molar-refractivity contribution in [2.45, 2.75) is 6.18 Å². The van der Waals surface area contributed by atoms with Gasteiger partial charge < -0.3 is 9.84 Å². The van der Waals surface area contributed by atoms with Crippen LogP contribution in [-0.2, 0) is 6.18 Å². The molecule has 0 radical (unpaired) electrons. The van der Waals surface area contributed by atoms with Gasteiger partial charge in [0.25, 0.3) is 0 Å². The van der Waals surface area contributed by atoms with E-state index in [4.69, 9.17) is 9.84 Å². The highest BCUT2D eigenvalue weighted by Crippen LogP contribution is 2.37. The second kappa shape index (κ2) is 5.43. The van der Waals surface area contributed by atoms with E-state index in [9.17, 15) is 18.0 Å². The van der Waals surface area contributed by atoms with Crippen LogP contribution in [0.4, 0.5) is 13.2 Å². The number of halogens is 3. The second-order valence-electron chi connectivity index (χ2n) is 4.13. The maximum Gasteiger partial charge on any atom is 0.417 e. The molecule has 0 aliphatic heterocycles. The molecule has 0 amide bonds. The minimum Gasteiger partial charge on any atom is -0.481 e. The lowest BCUT2D eigenvalue weighted by Crippen LogP contribution is -2.08. The summed E-state index contributed by atoms with van der Waals surface area (Å²) in [5.74, 6) is -1.34. The van der Waals surface area contributed by atoms with Gasteiger partial charge in [-0.25, -0.2) is 9.78 Å². The van der Waals surface area contributed by atoms with Crippen LogP contribution >= 0.6 is 0 Å². The normalized spacial score (nSPS) is 11.2. The predicted octanol–water partition coefficient (Wildman–Crippen LogP) is 3.47. The second-order valence-corrected chi connectivity index (χ2v) is 4.13. The minimum absolute atomic E-state index is 0.0677. The molecule has 1 aromatic carbocycles. The van der Waals surface area contributed by atoms with Crippen molar-refractivity contribution >= 4 is 5.97 Å². The molecule has 21 heavy (non-hydrogen) atoms. The number of rotatable bonds is 3. The Morgan fingerprint density at radius 2 is 1.90 bits per heavy atom. The summed E-state index contributed by atoms with van der Waals surface area (Å²) >= 11 is 0. The molecule has 4 nitrogen and oxygen atoms in total. The first-order valence-corrected chi connectivity index (χ1v) is 5.79. The van der Waals surface area contributed by atoms with Gasteiger partial charge in [0, 0.05) is 11.6 Å². The number of carboxylic acid groups (broad SMARTS) is 1. The van der Waals surface area contributed by atoms with Crippen LogP contribution in [0.2, 0.25) is 0 Å². The van der Waals surface area contributed by atoms with Crippen molar-refractivity contribution in [2.75, 3.05) is 7.11 Å². The third-order valence-corrected chi connectivity index (χ3v) is 2.77. The fourth-order valence-corrected chi connectivity index (χ4v) is 1.82. The largest absolute Gasteiger partial charge is 0.481 e. The monoisotopic (exact) mass is 297 g/mol. The molecule has 0 unspecified atom stereocenters. The first-order chi connectivity index (χ1) is 9.82. The highest BCUT2D eigenvalue weighted by atomic mass is 19.4. The fraction of sp³-hybridized carbons (Fsp3) is 0.143. The topological polar surface area (TPSA) is 59.4 Å². The lowest BCUT2D eigenvalue weighted by molar-refractivity contribution is -0.137. The molecule has 0 aliphatic rings. The zero-order valence-electron chi connectivity index (χ0n) is 10.8. The Balaban J connectivity index is 2.67. The smallest absolute Gasteiger partial charge is 0.417 e. The Hall–Kier alpha value is -2.57. The fourth-order valence-electron chi connectivity index (χ4n) is 1.82. The van der Waals surface area contributed by atoms with Gasteiger partial charge in [0.15, 0.2) is 0 Å². The number of carbonyl (C=O) groups is 1. The maximum absolute atomic E-state index is 13.0. The SMILES string of the molecule is COc1cc(C(=O)O)cc(-c2ccccc2C(F)(F)F)n1. The average molecular weight is 297 g/mol. The van der Waals surface area contributed by atoms with Crippen molar-refractivity contribution in [3.05, 3.63) is 47.5 Å². The van der Waals surface area contributed by atoms with E-state index in [0.29, 0.717) is 0 Å². The molecule has 7 heteroatoms. The van der Waals surface area contributed by atoms with Crippen LogP contribution in [0.15, 0.2) is 36.4 Å². The summed E-state index contributed by atoms with van der Waals surface area (Å²) in [5, 5.41) is 9.00. The summed E-state index contributed by atoms with van der Waals surface area (Å²) in [6.07, 6.45) is -4.56. The molecule has 0 fully saturated rings. The van der Waals surface area contributed by atoms with E-state index in [2.05, 4.69) is 4.98 Å². The van der Waals surface area contributed by atoms with Gasteiger partial charge in [0.1, 0.15) is 0 Å². The molecule has 2 rings (SSSR count). The molecule has 0 bridgehead atoms. The van der Waals surface area contributed by atoms with Gasteiger partial charge in [-0.2, -0.15) is 13.2 Å². The van der Waals surface area contributed by atoms with E-state index in [1.807, 2.05) is 0 Å². The van der Waals surface area contributed by atoms with Gasteiger partial charge in [-0.1, -0.05) is 18.2 Å². The number of pyridine rings is 1. The average Bonchev–Trinajstić information content (AvgIpc) is 2.45. The molecular formula is C14H10F3NO3. The van der Waals surface area contributed by atoms with Gasteiger partial charge in [-0.15, -0.1) is 0 Å². The summed E-state index contributed by atoms with van der Waals surface area (Å²) in [4.78, 5) is 14.9. The molecule has 2 aromatic rings. The van der Waals surface area contributed by atoms with Crippen molar-refractivity contribution in [2.24, 2.45) is 0 Å². The van der Waals surface area contributed by atoms with E-state index in [1.165, 1.54) is 25.3 Å². The Kier molecular flexibility index (Phi) is 3.84. The summed E-state index contributed by atoms with van der Waals surface area (Å²) in [5.41, 5.74) is -1.40. The zero-order chi connectivity index (χ0) is 15.6. The molecule has 0 atom stereocenters. The van der Waals surface area contributed by atoms with E-state index in [1.54, 1.807) is 0 Å². The van der Waals surface area contributed by atoms with Gasteiger partial charge in [-0.05, 0) is 12.1 Å². The Morgan fingerprint density at radius 3 is 2.48 bits per heavy atom. The first kappa shape index (κ1) is 14.8. The molecule has 0 saturated carbocycles. The predicted molar refractivity (Wildman–Crippen MR) is 68.2 cm³/mol. The van der Waals surface area contributed by atoms with Crippen molar-refractivity contribution in [1.82, 2.24) is 4.98 Å². The van der Waals surface area contributed by atoms with Crippen molar-refractivity contribution in [1.29, 1.82) is 0 Å². The third kappa shape index (κ3) is 3.13. The lowest BCUT2D eigenvalue weighted by Gasteiger charge is -2.13. The molecule has 110 valence electrons. The molecule has 0 saturated heterocycles. The number of methoxy groups -OCH3 is 1. The van der Waals surface area contributed by atoms with E-state index in [-0.39, 0.29) is 22.7 Å². The third-order valence-electron chi connectivity index (χ3n) is 2.77. The highest BCUT2D eigenvalue weighted by Gasteiger charge is 2.33. The van der Waals surface area contributed by atoms with Gasteiger partial charge >= 0.3 is 12.1 Å². The van der Waals surface area contributed by atoms with Crippen LogP contribution in [0.5, 0.6) is 5.88 Å².